The molecule has 0 saturated heterocycles. The van der Waals surface area contributed by atoms with Crippen LogP contribution in [0.15, 0.2) is 12.4 Å². The minimum absolute atomic E-state index is 0.145. The number of hydrogen-bond donors (Lipinski definition) is 2. The molecule has 2 fully saturated rings. The number of aromatic nitrogens is 2. The zero-order chi connectivity index (χ0) is 17.8. The van der Waals surface area contributed by atoms with Crippen LogP contribution in [-0.2, 0) is 4.79 Å². The van der Waals surface area contributed by atoms with Crippen LogP contribution in [0.3, 0.4) is 0 Å². The Morgan fingerprint density at radius 2 is 2.16 bits per heavy atom. The Morgan fingerprint density at radius 3 is 2.80 bits per heavy atom. The monoisotopic (exact) mass is 348 g/mol. The molecule has 7 nitrogen and oxygen atoms in total. The number of ether oxygens (including phenoxy) is 1. The van der Waals surface area contributed by atoms with Crippen LogP contribution in [0.1, 0.15) is 39.5 Å². The number of hydrogen-bond acceptors (Lipinski definition) is 6. The summed E-state index contributed by atoms with van der Waals surface area (Å²) in [5.74, 6) is 1.66. The van der Waals surface area contributed by atoms with Gasteiger partial charge < -0.3 is 15.2 Å². The minimum atomic E-state index is -0.738. The van der Waals surface area contributed by atoms with Gasteiger partial charge in [0.25, 0.3) is 0 Å². The van der Waals surface area contributed by atoms with Crippen molar-refractivity contribution in [3.63, 3.8) is 0 Å². The minimum Gasteiger partial charge on any atom is -0.480 e. The fourth-order valence-corrected chi connectivity index (χ4v) is 3.10. The third-order valence-electron chi connectivity index (χ3n) is 4.69. The van der Waals surface area contributed by atoms with Crippen molar-refractivity contribution in [3.05, 3.63) is 12.4 Å². The van der Waals surface area contributed by atoms with Crippen molar-refractivity contribution in [1.82, 2.24) is 14.9 Å². The maximum Gasteiger partial charge on any atom is 0.317 e. The van der Waals surface area contributed by atoms with Crippen molar-refractivity contribution in [1.29, 1.82) is 0 Å². The van der Waals surface area contributed by atoms with E-state index in [0.29, 0.717) is 36.4 Å². The fraction of sp³-hybridized carbons (Fsp3) is 0.722. The second-order valence-corrected chi connectivity index (χ2v) is 7.68. The first-order valence-corrected chi connectivity index (χ1v) is 9.17. The summed E-state index contributed by atoms with van der Waals surface area (Å²) in [5, 5.41) is 12.5. The van der Waals surface area contributed by atoms with Crippen molar-refractivity contribution >= 4 is 11.8 Å². The van der Waals surface area contributed by atoms with E-state index in [4.69, 9.17) is 9.84 Å². The predicted octanol–water partition coefficient (Wildman–Crippen LogP) is 2.25. The molecular weight excluding hydrogens is 320 g/mol. The average Bonchev–Trinajstić information content (AvgIpc) is 3.32. The lowest BCUT2D eigenvalue weighted by Crippen LogP contribution is -2.52. The smallest absolute Gasteiger partial charge is 0.317 e. The van der Waals surface area contributed by atoms with Crippen LogP contribution >= 0.6 is 0 Å². The Kier molecular flexibility index (Phi) is 5.73. The van der Waals surface area contributed by atoms with Crippen LogP contribution in [-0.4, -0.2) is 57.7 Å². The van der Waals surface area contributed by atoms with Gasteiger partial charge in [0.2, 0.25) is 5.88 Å². The molecule has 2 saturated carbocycles. The fourth-order valence-electron chi connectivity index (χ4n) is 3.10. The number of nitrogens with one attached hydrogen (secondary N) is 1. The first kappa shape index (κ1) is 17.9. The standard InChI is InChI=1S/C18H28N4O3/c1-12(2)11-25-17-8-19-7-16(21-17)20-14-5-15(6-14)22(10-18(23)24)9-13-3-4-13/h7-8,12-15H,3-6,9-11H2,1-2H3,(H,20,21)(H,23,24). The molecule has 25 heavy (non-hydrogen) atoms. The van der Waals surface area contributed by atoms with E-state index in [1.54, 1.807) is 12.4 Å². The van der Waals surface area contributed by atoms with Gasteiger partial charge in [-0.2, -0.15) is 4.98 Å². The molecule has 0 aliphatic heterocycles. The van der Waals surface area contributed by atoms with Crippen LogP contribution in [0.4, 0.5) is 5.82 Å². The van der Waals surface area contributed by atoms with Gasteiger partial charge in [-0.05, 0) is 37.5 Å². The number of aliphatic carboxylic acids is 1. The molecule has 2 aliphatic rings. The number of carboxylic acid groups (broad SMARTS) is 1. The summed E-state index contributed by atoms with van der Waals surface area (Å²) in [6.45, 7) is 5.87. The number of carboxylic acids is 1. The highest BCUT2D eigenvalue weighted by Gasteiger charge is 2.37. The molecule has 0 unspecified atom stereocenters. The predicted molar refractivity (Wildman–Crippen MR) is 94.7 cm³/mol. The van der Waals surface area contributed by atoms with E-state index in [9.17, 15) is 4.79 Å². The molecule has 0 aromatic carbocycles. The summed E-state index contributed by atoms with van der Waals surface area (Å²) in [6, 6.07) is 0.665. The van der Waals surface area contributed by atoms with Gasteiger partial charge in [0.1, 0.15) is 5.82 Å². The van der Waals surface area contributed by atoms with Crippen LogP contribution in [0.5, 0.6) is 5.88 Å². The Morgan fingerprint density at radius 1 is 1.40 bits per heavy atom. The van der Waals surface area contributed by atoms with E-state index in [-0.39, 0.29) is 6.54 Å². The lowest BCUT2D eigenvalue weighted by molar-refractivity contribution is -0.139. The van der Waals surface area contributed by atoms with Crippen LogP contribution in [0.25, 0.3) is 0 Å². The second kappa shape index (κ2) is 7.99. The molecule has 0 amide bonds. The lowest BCUT2D eigenvalue weighted by Gasteiger charge is -2.42. The summed E-state index contributed by atoms with van der Waals surface area (Å²) >= 11 is 0. The van der Waals surface area contributed by atoms with Gasteiger partial charge in [-0.15, -0.1) is 0 Å². The highest BCUT2D eigenvalue weighted by Crippen LogP contribution is 2.34. The first-order valence-electron chi connectivity index (χ1n) is 9.17. The zero-order valence-corrected chi connectivity index (χ0v) is 15.0. The third-order valence-corrected chi connectivity index (χ3v) is 4.69. The second-order valence-electron chi connectivity index (χ2n) is 7.68. The van der Waals surface area contributed by atoms with Gasteiger partial charge in [0.15, 0.2) is 0 Å². The summed E-state index contributed by atoms with van der Waals surface area (Å²) in [5.41, 5.74) is 0. The molecular formula is C18H28N4O3. The molecule has 1 aromatic heterocycles. The largest absolute Gasteiger partial charge is 0.480 e. The molecule has 7 heteroatoms. The van der Waals surface area contributed by atoms with Gasteiger partial charge in [-0.3, -0.25) is 14.7 Å². The van der Waals surface area contributed by atoms with Crippen LogP contribution in [0.2, 0.25) is 0 Å². The van der Waals surface area contributed by atoms with E-state index in [1.165, 1.54) is 12.8 Å². The van der Waals surface area contributed by atoms with Gasteiger partial charge in [-0.1, -0.05) is 13.8 Å². The van der Waals surface area contributed by atoms with Gasteiger partial charge in [0.05, 0.1) is 25.5 Å². The number of nitrogens with zero attached hydrogens (tertiary/aromatic N) is 3. The molecule has 0 bridgehead atoms. The van der Waals surface area contributed by atoms with Crippen molar-refractivity contribution in [2.75, 3.05) is 25.0 Å². The molecule has 1 heterocycles. The normalized spacial score (nSPS) is 22.7. The molecule has 0 spiro atoms. The van der Waals surface area contributed by atoms with Gasteiger partial charge in [-0.25, -0.2) is 0 Å². The molecule has 138 valence electrons. The van der Waals surface area contributed by atoms with Crippen molar-refractivity contribution in [3.8, 4) is 5.88 Å². The van der Waals surface area contributed by atoms with Crippen molar-refractivity contribution in [2.45, 2.75) is 51.6 Å². The highest BCUT2D eigenvalue weighted by molar-refractivity contribution is 5.69. The molecule has 1 aromatic rings. The number of carbonyl (C=O) groups is 1. The van der Waals surface area contributed by atoms with Gasteiger partial charge >= 0.3 is 5.97 Å². The van der Waals surface area contributed by atoms with E-state index >= 15 is 0 Å². The topological polar surface area (TPSA) is 87.6 Å². The van der Waals surface area contributed by atoms with E-state index in [1.807, 2.05) is 0 Å². The van der Waals surface area contributed by atoms with E-state index in [0.717, 1.165) is 25.2 Å². The van der Waals surface area contributed by atoms with Crippen molar-refractivity contribution < 1.29 is 14.6 Å². The third kappa shape index (κ3) is 5.56. The van der Waals surface area contributed by atoms with E-state index in [2.05, 4.69) is 34.0 Å². The molecule has 2 aliphatic carbocycles. The summed E-state index contributed by atoms with van der Waals surface area (Å²) in [4.78, 5) is 21.8. The Labute approximate surface area is 148 Å². The Hall–Kier alpha value is -1.89. The SMILES string of the molecule is CC(C)COc1cncc(NC2CC(N(CC(=O)O)CC3CC3)C2)n1. The van der Waals surface area contributed by atoms with Crippen molar-refractivity contribution in [2.24, 2.45) is 11.8 Å². The van der Waals surface area contributed by atoms with E-state index < -0.39 is 5.97 Å². The zero-order valence-electron chi connectivity index (χ0n) is 15.0. The molecule has 2 N–H and O–H groups in total. The number of rotatable bonds is 10. The first-order chi connectivity index (χ1) is 12.0. The summed E-state index contributed by atoms with van der Waals surface area (Å²) < 4.78 is 5.61. The maximum absolute atomic E-state index is 11.1. The maximum atomic E-state index is 11.1. The summed E-state index contributed by atoms with van der Waals surface area (Å²) in [6.07, 6.45) is 7.69. The highest BCUT2D eigenvalue weighted by atomic mass is 16.5. The quantitative estimate of drug-likeness (QED) is 0.670. The molecule has 0 radical (unpaired) electrons. The van der Waals surface area contributed by atoms with Crippen LogP contribution < -0.4 is 10.1 Å². The van der Waals surface area contributed by atoms with Gasteiger partial charge in [0, 0.05) is 18.6 Å². The van der Waals surface area contributed by atoms with Crippen LogP contribution in [0, 0.1) is 11.8 Å². The Bertz CT molecular complexity index is 585. The number of anilines is 1. The Balaban J connectivity index is 1.47. The average molecular weight is 348 g/mol. The summed E-state index contributed by atoms with van der Waals surface area (Å²) in [7, 11) is 0. The lowest BCUT2D eigenvalue weighted by atomic mass is 9.85. The molecule has 3 rings (SSSR count). The molecule has 0 atom stereocenters.